The van der Waals surface area contributed by atoms with Gasteiger partial charge in [-0.15, -0.1) is 15.6 Å². The minimum atomic E-state index is -2.44. The Morgan fingerprint density at radius 2 is 1.79 bits per heavy atom. The van der Waals surface area contributed by atoms with Gasteiger partial charge < -0.3 is 5.32 Å². The molecule has 0 saturated heterocycles. The summed E-state index contributed by atoms with van der Waals surface area (Å²) in [6.45, 7) is 2.03. The van der Waals surface area contributed by atoms with Crippen molar-refractivity contribution in [2.75, 3.05) is 5.48 Å². The molecule has 198 valence electrons. The third-order valence-corrected chi connectivity index (χ3v) is 7.25. The monoisotopic (exact) mass is 553 g/mol. The number of rotatable bonds is 12. The zero-order valence-electron chi connectivity index (χ0n) is 20.7. The molecule has 3 atom stereocenters. The van der Waals surface area contributed by atoms with Crippen LogP contribution in [0, 0.1) is 5.82 Å². The van der Waals surface area contributed by atoms with Gasteiger partial charge in [-0.05, 0) is 60.2 Å². The molecule has 4 rings (SSSR count). The van der Waals surface area contributed by atoms with Crippen LogP contribution in [0.3, 0.4) is 0 Å². The topological polar surface area (TPSA) is 101 Å². The molecule has 0 spiro atoms. The van der Waals surface area contributed by atoms with E-state index in [0.717, 1.165) is 28.2 Å². The van der Waals surface area contributed by atoms with E-state index in [2.05, 4.69) is 15.1 Å². The van der Waals surface area contributed by atoms with E-state index in [0.29, 0.717) is 24.1 Å². The fraction of sp³-hybridized carbons (Fsp3) is 0.214. The minimum absolute atomic E-state index is 0.213. The molecule has 1 unspecified atom stereocenters. The summed E-state index contributed by atoms with van der Waals surface area (Å²) >= 11 is -0.945. The molecule has 0 aliphatic rings. The highest BCUT2D eigenvalue weighted by Gasteiger charge is 2.26. The maximum Gasteiger partial charge on any atom is 0.324 e. The lowest BCUT2D eigenvalue weighted by atomic mass is 9.90. The van der Waals surface area contributed by atoms with E-state index in [9.17, 15) is 13.4 Å². The molecule has 1 aromatic heterocycles. The van der Waals surface area contributed by atoms with Crippen molar-refractivity contribution < 1.29 is 22.2 Å². The van der Waals surface area contributed by atoms with Gasteiger partial charge in [0.05, 0.1) is 23.3 Å². The van der Waals surface area contributed by atoms with Crippen LogP contribution in [-0.4, -0.2) is 19.7 Å². The maximum absolute atomic E-state index is 14.1. The van der Waals surface area contributed by atoms with Gasteiger partial charge in [-0.2, -0.15) is 4.21 Å². The quantitative estimate of drug-likeness (QED) is 0.153. The molecule has 3 N–H and O–H groups in total. The van der Waals surface area contributed by atoms with Crippen LogP contribution >= 0.6 is 11.3 Å². The van der Waals surface area contributed by atoms with Gasteiger partial charge in [-0.3, -0.25) is 9.35 Å². The highest BCUT2D eigenvalue weighted by Crippen LogP contribution is 2.27. The van der Waals surface area contributed by atoms with E-state index in [1.165, 1.54) is 23.5 Å². The largest absolute Gasteiger partial charge is 0.346 e. The van der Waals surface area contributed by atoms with Crippen molar-refractivity contribution >= 4 is 34.3 Å². The molecule has 10 heteroatoms. The normalized spacial score (nSPS) is 13.4. The van der Waals surface area contributed by atoms with E-state index in [4.69, 9.17) is 9.54 Å². The zero-order valence-corrected chi connectivity index (χ0v) is 22.3. The first-order valence-corrected chi connectivity index (χ1v) is 14.0. The average Bonchev–Trinajstić information content (AvgIpc) is 3.41. The van der Waals surface area contributed by atoms with E-state index in [1.54, 1.807) is 24.3 Å². The molecule has 0 aliphatic carbocycles. The van der Waals surface area contributed by atoms with E-state index >= 15 is 0 Å². The molecule has 0 bridgehead atoms. The molecule has 4 aromatic rings. The van der Waals surface area contributed by atoms with Gasteiger partial charge in [0.25, 0.3) is 0 Å². The minimum Gasteiger partial charge on any atom is -0.346 e. The van der Waals surface area contributed by atoms with Gasteiger partial charge in [0.2, 0.25) is 5.91 Å². The molecule has 1 amide bonds. The van der Waals surface area contributed by atoms with E-state index in [1.807, 2.05) is 54.8 Å². The fourth-order valence-corrected chi connectivity index (χ4v) is 5.20. The number of anilines is 1. The first kappa shape index (κ1) is 27.6. The van der Waals surface area contributed by atoms with Crippen molar-refractivity contribution in [2.45, 2.75) is 38.1 Å². The Bertz CT molecular complexity index is 1370. The first-order valence-electron chi connectivity index (χ1n) is 12.1. The Morgan fingerprint density at radius 3 is 2.45 bits per heavy atom. The van der Waals surface area contributed by atoms with Gasteiger partial charge in [0.15, 0.2) is 0 Å². The van der Waals surface area contributed by atoms with Crippen molar-refractivity contribution in [3.05, 3.63) is 117 Å². The molecule has 0 fully saturated rings. The maximum atomic E-state index is 14.1. The number of thiazole rings is 1. The zero-order chi connectivity index (χ0) is 26.9. The Hall–Kier alpha value is -3.44. The highest BCUT2D eigenvalue weighted by molar-refractivity contribution is 7.74. The van der Waals surface area contributed by atoms with Gasteiger partial charge in [0.1, 0.15) is 10.8 Å². The average molecular weight is 554 g/mol. The summed E-state index contributed by atoms with van der Waals surface area (Å²) in [4.78, 5) is 18.5. The summed E-state index contributed by atoms with van der Waals surface area (Å²) in [6, 6.07) is 22.5. The number of amides is 1. The lowest BCUT2D eigenvalue weighted by molar-refractivity contribution is -0.123. The first-order chi connectivity index (χ1) is 18.4. The van der Waals surface area contributed by atoms with Crippen LogP contribution in [0.1, 0.15) is 46.3 Å². The van der Waals surface area contributed by atoms with Gasteiger partial charge in [-0.25, -0.2) is 14.9 Å². The third-order valence-electron chi connectivity index (χ3n) is 6.02. The molecular weight excluding hydrogens is 525 g/mol. The van der Waals surface area contributed by atoms with Crippen molar-refractivity contribution in [3.63, 3.8) is 0 Å². The number of nitrogens with one attached hydrogen (secondary N) is 2. The summed E-state index contributed by atoms with van der Waals surface area (Å²) in [6.07, 6.45) is 1.67. The predicted octanol–water partition coefficient (Wildman–Crippen LogP) is 5.75. The van der Waals surface area contributed by atoms with Crippen LogP contribution in [0.2, 0.25) is 0 Å². The molecule has 0 radical (unpaired) electrons. The van der Waals surface area contributed by atoms with Gasteiger partial charge >= 0.3 is 11.4 Å². The smallest absolute Gasteiger partial charge is 0.324 e. The number of hydrogen-bond acceptors (Lipinski definition) is 6. The number of hydrogen-bond donors (Lipinski definition) is 3. The summed E-state index contributed by atoms with van der Waals surface area (Å²) in [5.74, 6) is -1.20. The molecule has 0 saturated carbocycles. The Kier molecular flexibility index (Phi) is 9.72. The molecule has 3 aromatic carbocycles. The van der Waals surface area contributed by atoms with Crippen LogP contribution in [0.5, 0.6) is 0 Å². The van der Waals surface area contributed by atoms with Gasteiger partial charge in [0, 0.05) is 5.38 Å². The SMILES string of the molecule is CCc1csc([C@H](Cc2ccc(NOS(=O)O)cc2)NC(=O)[C@@H](Cc2ccccc2)c2cccc(F)c2)n1. The molecule has 1 heterocycles. The number of benzene rings is 3. The van der Waals surface area contributed by atoms with Crippen LogP contribution in [-0.2, 0) is 39.7 Å². The second-order valence-electron chi connectivity index (χ2n) is 8.69. The highest BCUT2D eigenvalue weighted by atomic mass is 32.2. The van der Waals surface area contributed by atoms with Crippen molar-refractivity contribution in [1.82, 2.24) is 10.3 Å². The third kappa shape index (κ3) is 7.78. The summed E-state index contributed by atoms with van der Waals surface area (Å²) in [5, 5.41) is 5.96. The van der Waals surface area contributed by atoms with Crippen LogP contribution in [0.25, 0.3) is 0 Å². The summed E-state index contributed by atoms with van der Waals surface area (Å²) < 4.78 is 38.1. The van der Waals surface area contributed by atoms with Crippen molar-refractivity contribution in [3.8, 4) is 0 Å². The van der Waals surface area contributed by atoms with Crippen LogP contribution in [0.4, 0.5) is 10.1 Å². The second kappa shape index (κ2) is 13.4. The lowest BCUT2D eigenvalue weighted by Crippen LogP contribution is -2.35. The standard InChI is InChI=1S/C28H28FN3O4S2/c1-2-23-18-37-28(30-23)26(16-20-11-13-24(14-12-20)32-36-38(34)35)31-27(33)25(15-19-7-4-3-5-8-19)21-9-6-10-22(29)17-21/h3-14,17-18,25-26,32H,2,15-16H2,1H3,(H,31,33)(H,34,35)/t25-,26-/m0/s1. The number of carbonyl (C=O) groups excluding carboxylic acids is 1. The van der Waals surface area contributed by atoms with Crippen molar-refractivity contribution in [2.24, 2.45) is 0 Å². The summed E-state index contributed by atoms with van der Waals surface area (Å²) in [7, 11) is 0. The molecule has 38 heavy (non-hydrogen) atoms. The number of aryl methyl sites for hydroxylation is 1. The number of halogens is 1. The van der Waals surface area contributed by atoms with Crippen LogP contribution < -0.4 is 10.8 Å². The Morgan fingerprint density at radius 1 is 1.05 bits per heavy atom. The molecule has 0 aliphatic heterocycles. The van der Waals surface area contributed by atoms with E-state index < -0.39 is 23.3 Å². The fourth-order valence-electron chi connectivity index (χ4n) is 4.08. The van der Waals surface area contributed by atoms with Crippen LogP contribution in [0.15, 0.2) is 84.2 Å². The van der Waals surface area contributed by atoms with E-state index in [-0.39, 0.29) is 11.7 Å². The number of aromatic nitrogens is 1. The Balaban J connectivity index is 1.59. The van der Waals surface area contributed by atoms with Crippen molar-refractivity contribution in [1.29, 1.82) is 0 Å². The lowest BCUT2D eigenvalue weighted by Gasteiger charge is -2.22. The summed E-state index contributed by atoms with van der Waals surface area (Å²) in [5.41, 5.74) is 6.36. The number of carbonyl (C=O) groups is 1. The molecular formula is C28H28FN3O4S2. The Labute approximate surface area is 227 Å². The predicted molar refractivity (Wildman–Crippen MR) is 147 cm³/mol. The number of nitrogens with zero attached hydrogens (tertiary/aromatic N) is 1. The van der Waals surface area contributed by atoms with Gasteiger partial charge in [-0.1, -0.05) is 61.5 Å². The molecule has 7 nitrogen and oxygen atoms in total. The second-order valence-corrected chi connectivity index (χ2v) is 10.2.